The average Bonchev–Trinajstić information content (AvgIpc) is 3.08. The van der Waals surface area contributed by atoms with Crippen LogP contribution in [0.2, 0.25) is 0 Å². The van der Waals surface area contributed by atoms with Crippen LogP contribution < -0.4 is 10.2 Å². The summed E-state index contributed by atoms with van der Waals surface area (Å²) in [7, 11) is 3.62. The topological polar surface area (TPSA) is 90.1 Å². The molecule has 3 heterocycles. The average molecular weight is 376 g/mol. The van der Waals surface area contributed by atoms with Crippen molar-refractivity contribution >= 4 is 24.1 Å². The third-order valence-electron chi connectivity index (χ3n) is 4.38. The lowest BCUT2D eigenvalue weighted by molar-refractivity contribution is -0.133. The van der Waals surface area contributed by atoms with Crippen LogP contribution in [0.3, 0.4) is 0 Å². The van der Waals surface area contributed by atoms with Gasteiger partial charge in [0.2, 0.25) is 5.91 Å². The number of anilines is 1. The molecule has 138 valence electrons. The Morgan fingerprint density at radius 2 is 2.08 bits per heavy atom. The highest BCUT2D eigenvalue weighted by molar-refractivity contribution is 5.85. The van der Waals surface area contributed by atoms with E-state index < -0.39 is 0 Å². The van der Waals surface area contributed by atoms with E-state index >= 15 is 0 Å². The smallest absolute Gasteiger partial charge is 0.244 e. The largest absolute Gasteiger partial charge is 0.353 e. The summed E-state index contributed by atoms with van der Waals surface area (Å²) < 4.78 is 1.69. The van der Waals surface area contributed by atoms with E-state index in [-0.39, 0.29) is 24.4 Å². The highest BCUT2D eigenvalue weighted by atomic mass is 35.5. The third kappa shape index (κ3) is 4.12. The number of carbonyl (C=O) groups excluding carboxylic acids is 1. The molecule has 0 saturated carbocycles. The Bertz CT molecular complexity index is 792. The minimum Gasteiger partial charge on any atom is -0.353 e. The van der Waals surface area contributed by atoms with Crippen molar-refractivity contribution in [1.82, 2.24) is 25.0 Å². The standard InChI is InChI=1S/C17H21N7O.ClH/c1-19-16(14-11-21-22(2)12-14)17(25)24-7-5-23(6-8-24)15-9-13(10-18)3-4-20-15;/h3-4,9,11-12,16,19H,5-8H2,1-2H3;1H. The Labute approximate surface area is 158 Å². The van der Waals surface area contributed by atoms with Crippen LogP contribution in [0.1, 0.15) is 17.2 Å². The minimum absolute atomic E-state index is 0. The van der Waals surface area contributed by atoms with Crippen molar-refractivity contribution in [2.75, 3.05) is 38.1 Å². The molecule has 1 fully saturated rings. The normalized spacial score (nSPS) is 15.1. The van der Waals surface area contributed by atoms with Crippen LogP contribution in [-0.4, -0.2) is 58.8 Å². The Balaban J connectivity index is 0.00000243. The Morgan fingerprint density at radius 1 is 1.35 bits per heavy atom. The fourth-order valence-corrected chi connectivity index (χ4v) is 3.02. The van der Waals surface area contributed by atoms with Crippen molar-refractivity contribution in [2.24, 2.45) is 7.05 Å². The molecule has 1 atom stereocenters. The molecule has 1 aliphatic heterocycles. The molecule has 0 radical (unpaired) electrons. The number of pyridine rings is 1. The summed E-state index contributed by atoms with van der Waals surface area (Å²) >= 11 is 0. The summed E-state index contributed by atoms with van der Waals surface area (Å²) in [6, 6.07) is 5.21. The Kier molecular flexibility index (Phi) is 6.55. The molecule has 1 N–H and O–H groups in total. The first-order chi connectivity index (χ1) is 12.1. The Hall–Kier alpha value is -2.63. The van der Waals surface area contributed by atoms with Crippen molar-refractivity contribution in [1.29, 1.82) is 5.26 Å². The SMILES string of the molecule is CNC(C(=O)N1CCN(c2cc(C#N)ccn2)CC1)c1cnn(C)c1.Cl. The Morgan fingerprint density at radius 3 is 2.65 bits per heavy atom. The number of rotatable bonds is 4. The highest BCUT2D eigenvalue weighted by Gasteiger charge is 2.28. The van der Waals surface area contributed by atoms with E-state index in [1.807, 2.05) is 18.1 Å². The number of hydrogen-bond acceptors (Lipinski definition) is 6. The van der Waals surface area contributed by atoms with Gasteiger partial charge in [-0.15, -0.1) is 12.4 Å². The van der Waals surface area contributed by atoms with E-state index in [9.17, 15) is 4.79 Å². The van der Waals surface area contributed by atoms with Gasteiger partial charge in [0.05, 0.1) is 17.8 Å². The number of likely N-dealkylation sites (N-methyl/N-ethyl adjacent to an activating group) is 1. The predicted molar refractivity (Wildman–Crippen MR) is 100 cm³/mol. The maximum Gasteiger partial charge on any atom is 0.244 e. The quantitative estimate of drug-likeness (QED) is 0.846. The van der Waals surface area contributed by atoms with E-state index in [0.717, 1.165) is 11.4 Å². The number of carbonyl (C=O) groups is 1. The molecule has 1 unspecified atom stereocenters. The zero-order valence-electron chi connectivity index (χ0n) is 14.8. The molecule has 3 rings (SSSR count). The van der Waals surface area contributed by atoms with Gasteiger partial charge in [0, 0.05) is 51.2 Å². The van der Waals surface area contributed by atoms with Gasteiger partial charge in [0.15, 0.2) is 0 Å². The summed E-state index contributed by atoms with van der Waals surface area (Å²) in [6.45, 7) is 2.62. The van der Waals surface area contributed by atoms with Crippen molar-refractivity contribution in [3.05, 3.63) is 41.9 Å². The van der Waals surface area contributed by atoms with Gasteiger partial charge in [0.1, 0.15) is 11.9 Å². The molecule has 0 bridgehead atoms. The molecule has 9 heteroatoms. The molecule has 2 aromatic heterocycles. The summed E-state index contributed by atoms with van der Waals surface area (Å²) in [6.07, 6.45) is 5.21. The lowest BCUT2D eigenvalue weighted by Crippen LogP contribution is -2.51. The number of piperazine rings is 1. The van der Waals surface area contributed by atoms with E-state index in [0.29, 0.717) is 31.7 Å². The van der Waals surface area contributed by atoms with Gasteiger partial charge in [-0.2, -0.15) is 10.4 Å². The van der Waals surface area contributed by atoms with Crippen LogP contribution in [0.25, 0.3) is 0 Å². The van der Waals surface area contributed by atoms with Gasteiger partial charge in [-0.3, -0.25) is 9.48 Å². The maximum atomic E-state index is 12.8. The number of aryl methyl sites for hydroxylation is 1. The second-order valence-electron chi connectivity index (χ2n) is 6.00. The first-order valence-corrected chi connectivity index (χ1v) is 8.18. The van der Waals surface area contributed by atoms with Crippen molar-refractivity contribution < 1.29 is 4.79 Å². The van der Waals surface area contributed by atoms with Crippen LogP contribution in [0, 0.1) is 11.3 Å². The van der Waals surface area contributed by atoms with E-state index in [1.165, 1.54) is 0 Å². The van der Waals surface area contributed by atoms with E-state index in [1.54, 1.807) is 36.3 Å². The second-order valence-corrected chi connectivity index (χ2v) is 6.00. The monoisotopic (exact) mass is 375 g/mol. The van der Waals surface area contributed by atoms with Gasteiger partial charge in [-0.05, 0) is 19.2 Å². The molecule has 1 amide bonds. The van der Waals surface area contributed by atoms with E-state index in [2.05, 4.69) is 26.4 Å². The van der Waals surface area contributed by atoms with Gasteiger partial charge in [0.25, 0.3) is 0 Å². The summed E-state index contributed by atoms with van der Waals surface area (Å²) in [5.41, 5.74) is 1.45. The van der Waals surface area contributed by atoms with Crippen molar-refractivity contribution in [2.45, 2.75) is 6.04 Å². The first-order valence-electron chi connectivity index (χ1n) is 8.18. The molecule has 0 aromatic carbocycles. The maximum absolute atomic E-state index is 12.8. The lowest BCUT2D eigenvalue weighted by Gasteiger charge is -2.36. The first kappa shape index (κ1) is 19.7. The number of halogens is 1. The number of nitrogens with one attached hydrogen (secondary N) is 1. The van der Waals surface area contributed by atoms with E-state index in [4.69, 9.17) is 5.26 Å². The van der Waals surface area contributed by atoms with Gasteiger partial charge >= 0.3 is 0 Å². The number of amides is 1. The fraction of sp³-hybridized carbons (Fsp3) is 0.412. The van der Waals surface area contributed by atoms with Gasteiger partial charge in [-0.1, -0.05) is 0 Å². The molecular formula is C17H22ClN7O. The number of nitriles is 1. The minimum atomic E-state index is -0.389. The molecule has 0 spiro atoms. The molecular weight excluding hydrogens is 354 g/mol. The van der Waals surface area contributed by atoms with Crippen LogP contribution in [0.15, 0.2) is 30.7 Å². The van der Waals surface area contributed by atoms with Gasteiger partial charge < -0.3 is 15.1 Å². The van der Waals surface area contributed by atoms with Gasteiger partial charge in [-0.25, -0.2) is 4.98 Å². The van der Waals surface area contributed by atoms with Crippen LogP contribution in [-0.2, 0) is 11.8 Å². The molecule has 2 aromatic rings. The molecule has 0 aliphatic carbocycles. The van der Waals surface area contributed by atoms with Crippen LogP contribution in [0.5, 0.6) is 0 Å². The second kappa shape index (κ2) is 8.65. The number of aromatic nitrogens is 3. The zero-order chi connectivity index (χ0) is 17.8. The zero-order valence-corrected chi connectivity index (χ0v) is 15.6. The predicted octanol–water partition coefficient (Wildman–Crippen LogP) is 0.718. The summed E-state index contributed by atoms with van der Waals surface area (Å²) in [4.78, 5) is 21.1. The van der Waals surface area contributed by atoms with Crippen LogP contribution >= 0.6 is 12.4 Å². The fourth-order valence-electron chi connectivity index (χ4n) is 3.02. The van der Waals surface area contributed by atoms with Crippen molar-refractivity contribution in [3.63, 3.8) is 0 Å². The molecule has 8 nitrogen and oxygen atoms in total. The lowest BCUT2D eigenvalue weighted by atomic mass is 10.1. The number of hydrogen-bond donors (Lipinski definition) is 1. The highest BCUT2D eigenvalue weighted by Crippen LogP contribution is 2.19. The summed E-state index contributed by atoms with van der Waals surface area (Å²) in [5.74, 6) is 0.831. The number of nitrogens with zero attached hydrogens (tertiary/aromatic N) is 6. The summed E-state index contributed by atoms with van der Waals surface area (Å²) in [5, 5.41) is 16.2. The van der Waals surface area contributed by atoms with Crippen LogP contribution in [0.4, 0.5) is 5.82 Å². The molecule has 1 aliphatic rings. The van der Waals surface area contributed by atoms with Crippen molar-refractivity contribution in [3.8, 4) is 6.07 Å². The molecule has 26 heavy (non-hydrogen) atoms. The third-order valence-corrected chi connectivity index (χ3v) is 4.38. The molecule has 1 saturated heterocycles.